The Labute approximate surface area is 107 Å². The minimum atomic E-state index is 0.591. The van der Waals surface area contributed by atoms with Gasteiger partial charge >= 0.3 is 0 Å². The van der Waals surface area contributed by atoms with Gasteiger partial charge in [0.05, 0.1) is 0 Å². The third kappa shape index (κ3) is 2.74. The maximum Gasteiger partial charge on any atom is 0.178 e. The lowest BCUT2D eigenvalue weighted by Crippen LogP contribution is -2.04. The summed E-state index contributed by atoms with van der Waals surface area (Å²) >= 11 is 9.24. The van der Waals surface area contributed by atoms with E-state index in [1.165, 1.54) is 11.3 Å². The molecule has 0 fully saturated rings. The predicted molar refractivity (Wildman–Crippen MR) is 68.2 cm³/mol. The third-order valence-corrected chi connectivity index (χ3v) is 4.24. The van der Waals surface area contributed by atoms with Gasteiger partial charge in [0.15, 0.2) is 4.34 Å². The zero-order valence-corrected chi connectivity index (χ0v) is 10.8. The monoisotopic (exact) mass is 271 g/mol. The molecule has 0 unspecified atom stereocenters. The highest BCUT2D eigenvalue weighted by atomic mass is 35.5. The number of nitrogens with zero attached hydrogens (tertiary/aromatic N) is 2. The van der Waals surface area contributed by atoms with Gasteiger partial charge in [0.2, 0.25) is 0 Å². The lowest BCUT2D eigenvalue weighted by Gasteiger charge is -2.08. The largest absolute Gasteiger partial charge is 0.330 e. The normalized spacial score (nSPS) is 10.6. The van der Waals surface area contributed by atoms with E-state index in [1.54, 1.807) is 17.3 Å². The van der Waals surface area contributed by atoms with Crippen molar-refractivity contribution in [2.75, 3.05) is 6.54 Å². The first-order valence-electron chi connectivity index (χ1n) is 4.72. The number of hydrogen-bond donors (Lipinski definition) is 1. The molecule has 84 valence electrons. The van der Waals surface area contributed by atoms with Gasteiger partial charge in [-0.15, -0.1) is 10.2 Å². The summed E-state index contributed by atoms with van der Waals surface area (Å²) in [7, 11) is 0. The van der Waals surface area contributed by atoms with Crippen molar-refractivity contribution in [3.05, 3.63) is 34.3 Å². The molecule has 2 rings (SSSR count). The third-order valence-electron chi connectivity index (χ3n) is 2.01. The standard InChI is InChI=1S/C10H10ClN3S2/c11-8-2-1-3-9(7(8)4-5-12)16-10-14-13-6-15-10/h1-3,6H,4-5,12H2. The van der Waals surface area contributed by atoms with Crippen molar-refractivity contribution >= 4 is 34.7 Å². The van der Waals surface area contributed by atoms with E-state index in [1.807, 2.05) is 18.2 Å². The molecule has 0 saturated carbocycles. The number of rotatable bonds is 4. The molecule has 16 heavy (non-hydrogen) atoms. The smallest absolute Gasteiger partial charge is 0.178 e. The van der Waals surface area contributed by atoms with E-state index < -0.39 is 0 Å². The van der Waals surface area contributed by atoms with Crippen LogP contribution in [0.25, 0.3) is 0 Å². The van der Waals surface area contributed by atoms with E-state index >= 15 is 0 Å². The van der Waals surface area contributed by atoms with Crippen LogP contribution in [-0.2, 0) is 6.42 Å². The van der Waals surface area contributed by atoms with Crippen molar-refractivity contribution in [3.8, 4) is 0 Å². The average molecular weight is 272 g/mol. The summed E-state index contributed by atoms with van der Waals surface area (Å²) in [5.74, 6) is 0. The Hall–Kier alpha value is -0.620. The van der Waals surface area contributed by atoms with E-state index in [0.29, 0.717) is 6.54 Å². The number of benzene rings is 1. The van der Waals surface area contributed by atoms with E-state index in [9.17, 15) is 0 Å². The van der Waals surface area contributed by atoms with Crippen LogP contribution in [0.15, 0.2) is 32.9 Å². The topological polar surface area (TPSA) is 51.8 Å². The summed E-state index contributed by atoms with van der Waals surface area (Å²) in [5.41, 5.74) is 8.39. The molecule has 0 atom stereocenters. The molecule has 3 nitrogen and oxygen atoms in total. The van der Waals surface area contributed by atoms with Gasteiger partial charge in [-0.2, -0.15) is 0 Å². The van der Waals surface area contributed by atoms with E-state index in [2.05, 4.69) is 10.2 Å². The first kappa shape index (κ1) is 11.9. The molecule has 2 N–H and O–H groups in total. The van der Waals surface area contributed by atoms with Crippen molar-refractivity contribution in [1.82, 2.24) is 10.2 Å². The maximum absolute atomic E-state index is 6.15. The summed E-state index contributed by atoms with van der Waals surface area (Å²) < 4.78 is 0.917. The highest BCUT2D eigenvalue weighted by molar-refractivity contribution is 8.01. The molecular weight excluding hydrogens is 262 g/mol. The Balaban J connectivity index is 2.29. The molecule has 0 aliphatic heterocycles. The van der Waals surface area contributed by atoms with Gasteiger partial charge in [0.25, 0.3) is 0 Å². The zero-order valence-electron chi connectivity index (χ0n) is 8.39. The molecule has 1 aromatic heterocycles. The summed E-state index contributed by atoms with van der Waals surface area (Å²) in [6.07, 6.45) is 0.779. The highest BCUT2D eigenvalue weighted by Gasteiger charge is 2.09. The zero-order chi connectivity index (χ0) is 11.4. The molecule has 0 radical (unpaired) electrons. The van der Waals surface area contributed by atoms with Crippen LogP contribution in [0.5, 0.6) is 0 Å². The average Bonchev–Trinajstić information content (AvgIpc) is 2.76. The van der Waals surface area contributed by atoms with Gasteiger partial charge in [-0.3, -0.25) is 0 Å². The number of aromatic nitrogens is 2. The van der Waals surface area contributed by atoms with E-state index in [0.717, 1.165) is 26.2 Å². The fraction of sp³-hybridized carbons (Fsp3) is 0.200. The fourth-order valence-corrected chi connectivity index (χ4v) is 3.28. The molecule has 0 spiro atoms. The van der Waals surface area contributed by atoms with Crippen LogP contribution in [-0.4, -0.2) is 16.7 Å². The molecule has 1 aromatic carbocycles. The Morgan fingerprint density at radius 3 is 3.00 bits per heavy atom. The lowest BCUT2D eigenvalue weighted by atomic mass is 10.1. The summed E-state index contributed by atoms with van der Waals surface area (Å²) in [6, 6.07) is 5.85. The van der Waals surface area contributed by atoms with Crippen molar-refractivity contribution in [3.63, 3.8) is 0 Å². The lowest BCUT2D eigenvalue weighted by molar-refractivity contribution is 0.943. The summed E-state index contributed by atoms with van der Waals surface area (Å²) in [5, 5.41) is 8.57. The molecule has 0 aliphatic rings. The van der Waals surface area contributed by atoms with Crippen molar-refractivity contribution in [2.45, 2.75) is 15.7 Å². The molecule has 6 heteroatoms. The van der Waals surface area contributed by atoms with E-state index in [4.69, 9.17) is 17.3 Å². The fourth-order valence-electron chi connectivity index (χ4n) is 1.32. The Morgan fingerprint density at radius 1 is 1.44 bits per heavy atom. The first-order chi connectivity index (χ1) is 7.81. The molecular formula is C10H10ClN3S2. The minimum Gasteiger partial charge on any atom is -0.330 e. The van der Waals surface area contributed by atoms with Crippen molar-refractivity contribution in [2.24, 2.45) is 5.73 Å². The van der Waals surface area contributed by atoms with Crippen LogP contribution in [0.4, 0.5) is 0 Å². The molecule has 1 heterocycles. The van der Waals surface area contributed by atoms with Crippen LogP contribution in [0.1, 0.15) is 5.56 Å². The van der Waals surface area contributed by atoms with Gasteiger partial charge in [0, 0.05) is 9.92 Å². The van der Waals surface area contributed by atoms with Gasteiger partial charge in [-0.1, -0.05) is 40.8 Å². The molecule has 0 saturated heterocycles. The Kier molecular flexibility index (Phi) is 4.17. The van der Waals surface area contributed by atoms with Crippen LogP contribution >= 0.6 is 34.7 Å². The van der Waals surface area contributed by atoms with Crippen molar-refractivity contribution < 1.29 is 0 Å². The second-order valence-electron chi connectivity index (χ2n) is 3.06. The minimum absolute atomic E-state index is 0.591. The number of nitrogens with two attached hydrogens (primary N) is 1. The molecule has 0 aliphatic carbocycles. The maximum atomic E-state index is 6.15. The second kappa shape index (κ2) is 5.63. The Morgan fingerprint density at radius 2 is 2.31 bits per heavy atom. The van der Waals surface area contributed by atoms with Crippen LogP contribution in [0, 0.1) is 0 Å². The second-order valence-corrected chi connectivity index (χ2v) is 5.59. The van der Waals surface area contributed by atoms with Gasteiger partial charge in [-0.25, -0.2) is 0 Å². The number of halogens is 1. The van der Waals surface area contributed by atoms with Crippen molar-refractivity contribution in [1.29, 1.82) is 0 Å². The Bertz CT molecular complexity index is 459. The SMILES string of the molecule is NCCc1c(Cl)cccc1Sc1nncs1. The molecule has 2 aromatic rings. The summed E-state index contributed by atoms with van der Waals surface area (Å²) in [6.45, 7) is 0.591. The molecule has 0 amide bonds. The van der Waals surface area contributed by atoms with Crippen LogP contribution in [0.2, 0.25) is 5.02 Å². The molecule has 0 bridgehead atoms. The van der Waals surface area contributed by atoms with Crippen LogP contribution < -0.4 is 5.73 Å². The number of hydrogen-bond acceptors (Lipinski definition) is 5. The highest BCUT2D eigenvalue weighted by Crippen LogP contribution is 2.34. The van der Waals surface area contributed by atoms with Gasteiger partial charge in [-0.05, 0) is 30.7 Å². The van der Waals surface area contributed by atoms with E-state index in [-0.39, 0.29) is 0 Å². The quantitative estimate of drug-likeness (QED) is 0.929. The summed E-state index contributed by atoms with van der Waals surface area (Å²) in [4.78, 5) is 1.11. The van der Waals surface area contributed by atoms with Crippen LogP contribution in [0.3, 0.4) is 0 Å². The predicted octanol–water partition coefficient (Wildman–Crippen LogP) is 2.84. The van der Waals surface area contributed by atoms with Gasteiger partial charge < -0.3 is 5.73 Å². The van der Waals surface area contributed by atoms with Gasteiger partial charge in [0.1, 0.15) is 5.51 Å². The first-order valence-corrected chi connectivity index (χ1v) is 6.80.